The van der Waals surface area contributed by atoms with Crippen molar-refractivity contribution < 1.29 is 0 Å². The van der Waals surface area contributed by atoms with E-state index < -0.39 is 0 Å². The summed E-state index contributed by atoms with van der Waals surface area (Å²) in [7, 11) is 0. The summed E-state index contributed by atoms with van der Waals surface area (Å²) in [6, 6.07) is 1.59. The summed E-state index contributed by atoms with van der Waals surface area (Å²) in [5.41, 5.74) is 0. The number of hydrogen-bond acceptors (Lipinski definition) is 3. The summed E-state index contributed by atoms with van der Waals surface area (Å²) in [4.78, 5) is 11.0. The van der Waals surface area contributed by atoms with E-state index in [4.69, 9.17) is 6.57 Å². The first-order chi connectivity index (χ1) is 4.86. The zero-order valence-electron chi connectivity index (χ0n) is 5.40. The molecule has 0 bridgehead atoms. The molecule has 4 heteroatoms. The highest BCUT2D eigenvalue weighted by atomic mass is 32.2. The normalized spacial score (nSPS) is 8.80. The maximum atomic E-state index is 6.64. The lowest BCUT2D eigenvalue weighted by atomic mass is 10.6. The van der Waals surface area contributed by atoms with Crippen LogP contribution in [0, 0.1) is 6.57 Å². The smallest absolute Gasteiger partial charge is 0.281 e. The van der Waals surface area contributed by atoms with Crippen LogP contribution < -0.4 is 0 Å². The first-order valence-electron chi connectivity index (χ1n) is 2.61. The van der Waals surface area contributed by atoms with E-state index in [1.165, 1.54) is 11.8 Å². The maximum Gasteiger partial charge on any atom is 0.281 e. The van der Waals surface area contributed by atoms with E-state index in [1.54, 1.807) is 12.3 Å². The zero-order valence-corrected chi connectivity index (χ0v) is 6.22. The van der Waals surface area contributed by atoms with Crippen molar-refractivity contribution in [3.05, 3.63) is 23.7 Å². The van der Waals surface area contributed by atoms with Gasteiger partial charge in [-0.15, -0.1) is 0 Å². The van der Waals surface area contributed by atoms with Crippen LogP contribution in [0.3, 0.4) is 0 Å². The van der Waals surface area contributed by atoms with Crippen LogP contribution in [0.2, 0.25) is 0 Å². The molecular formula is C6H5N3S. The second-order valence-corrected chi connectivity index (χ2v) is 2.29. The van der Waals surface area contributed by atoms with Crippen molar-refractivity contribution in [1.82, 2.24) is 9.97 Å². The minimum absolute atomic E-state index is 0.402. The van der Waals surface area contributed by atoms with E-state index >= 15 is 0 Å². The molecule has 1 heterocycles. The third-order valence-electron chi connectivity index (χ3n) is 0.916. The Labute approximate surface area is 63.3 Å². The Morgan fingerprint density at radius 2 is 2.50 bits per heavy atom. The molecule has 3 nitrogen and oxygen atoms in total. The number of thioether (sulfide) groups is 1. The zero-order chi connectivity index (χ0) is 7.40. The molecule has 0 aliphatic heterocycles. The van der Waals surface area contributed by atoms with Crippen molar-refractivity contribution in [1.29, 1.82) is 0 Å². The summed E-state index contributed by atoms with van der Waals surface area (Å²) in [6.45, 7) is 6.64. The largest absolute Gasteiger partial charge is 0.361 e. The average molecular weight is 151 g/mol. The molecule has 0 saturated heterocycles. The summed E-state index contributed by atoms with van der Waals surface area (Å²) in [5.74, 6) is 0.402. The van der Waals surface area contributed by atoms with Gasteiger partial charge in [0.25, 0.3) is 11.0 Å². The van der Waals surface area contributed by atoms with Crippen LogP contribution in [-0.2, 0) is 0 Å². The first kappa shape index (κ1) is 7.03. The van der Waals surface area contributed by atoms with Gasteiger partial charge >= 0.3 is 0 Å². The quantitative estimate of drug-likeness (QED) is 0.348. The molecule has 0 spiro atoms. The van der Waals surface area contributed by atoms with Crippen molar-refractivity contribution in [2.45, 2.75) is 5.16 Å². The number of nitrogens with zero attached hydrogens (tertiary/aromatic N) is 3. The molecule has 1 aromatic rings. The van der Waals surface area contributed by atoms with Crippen molar-refractivity contribution in [2.75, 3.05) is 6.26 Å². The summed E-state index contributed by atoms with van der Waals surface area (Å²) in [5, 5.41) is 0.647. The third kappa shape index (κ3) is 1.45. The van der Waals surface area contributed by atoms with E-state index in [-0.39, 0.29) is 0 Å². The fraction of sp³-hybridized carbons (Fsp3) is 0.167. The molecule has 50 valence electrons. The highest BCUT2D eigenvalue weighted by Crippen LogP contribution is 2.12. The SMILES string of the molecule is [C-]#[N+]c1ccnc(SC)n1. The van der Waals surface area contributed by atoms with E-state index in [9.17, 15) is 0 Å². The van der Waals surface area contributed by atoms with Gasteiger partial charge in [0, 0.05) is 6.20 Å². The Balaban J connectivity index is 3.01. The molecule has 0 unspecified atom stereocenters. The standard InChI is InChI=1S/C6H5N3S/c1-7-5-3-4-8-6(9-5)10-2/h3-4H,2H3. The van der Waals surface area contributed by atoms with Gasteiger partial charge < -0.3 is 4.85 Å². The Bertz CT molecular complexity index is 266. The van der Waals surface area contributed by atoms with Crippen LogP contribution >= 0.6 is 11.8 Å². The fourth-order valence-electron chi connectivity index (χ4n) is 0.492. The molecule has 0 saturated carbocycles. The van der Waals surface area contributed by atoms with Crippen molar-refractivity contribution in [3.63, 3.8) is 0 Å². The van der Waals surface area contributed by atoms with Crippen molar-refractivity contribution in [3.8, 4) is 0 Å². The second kappa shape index (κ2) is 3.18. The third-order valence-corrected chi connectivity index (χ3v) is 1.48. The predicted molar refractivity (Wildman–Crippen MR) is 40.1 cm³/mol. The fourth-order valence-corrected chi connectivity index (χ4v) is 0.844. The minimum atomic E-state index is 0.402. The summed E-state index contributed by atoms with van der Waals surface area (Å²) in [6.07, 6.45) is 3.47. The maximum absolute atomic E-state index is 6.64. The molecule has 0 aliphatic rings. The van der Waals surface area contributed by atoms with Crippen LogP contribution in [0.4, 0.5) is 5.82 Å². The molecule has 0 aliphatic carbocycles. The van der Waals surface area contributed by atoms with Crippen LogP contribution in [0.15, 0.2) is 17.4 Å². The molecule has 0 atom stereocenters. The molecule has 10 heavy (non-hydrogen) atoms. The second-order valence-electron chi connectivity index (χ2n) is 1.51. The van der Waals surface area contributed by atoms with Crippen LogP contribution in [0.1, 0.15) is 0 Å². The Morgan fingerprint density at radius 3 is 3.10 bits per heavy atom. The summed E-state index contributed by atoms with van der Waals surface area (Å²) >= 11 is 1.43. The van der Waals surface area contributed by atoms with E-state index in [0.717, 1.165) is 0 Å². The van der Waals surface area contributed by atoms with E-state index in [0.29, 0.717) is 11.0 Å². The van der Waals surface area contributed by atoms with E-state index in [1.807, 2.05) is 6.26 Å². The van der Waals surface area contributed by atoms with Gasteiger partial charge in [-0.3, -0.25) is 0 Å². The van der Waals surface area contributed by atoms with E-state index in [2.05, 4.69) is 14.8 Å². The molecule has 0 N–H and O–H groups in total. The number of rotatable bonds is 1. The van der Waals surface area contributed by atoms with Crippen molar-refractivity contribution in [2.24, 2.45) is 0 Å². The van der Waals surface area contributed by atoms with Gasteiger partial charge in [0.2, 0.25) is 0 Å². The molecule has 0 fully saturated rings. The Morgan fingerprint density at radius 1 is 1.70 bits per heavy atom. The molecule has 0 radical (unpaired) electrons. The highest BCUT2D eigenvalue weighted by Gasteiger charge is 1.97. The van der Waals surface area contributed by atoms with Crippen LogP contribution in [0.5, 0.6) is 0 Å². The van der Waals surface area contributed by atoms with Gasteiger partial charge in [-0.25, -0.2) is 4.98 Å². The topological polar surface area (TPSA) is 30.1 Å². The van der Waals surface area contributed by atoms with Gasteiger partial charge in [-0.1, -0.05) is 23.3 Å². The van der Waals surface area contributed by atoms with Gasteiger partial charge in [0.05, 0.1) is 0 Å². The molecule has 1 aromatic heterocycles. The van der Waals surface area contributed by atoms with Gasteiger partial charge in [0.1, 0.15) is 0 Å². The highest BCUT2D eigenvalue weighted by molar-refractivity contribution is 7.98. The lowest BCUT2D eigenvalue weighted by molar-refractivity contribution is 0.983. The number of aromatic nitrogens is 2. The molecule has 1 rings (SSSR count). The Hall–Kier alpha value is -1.08. The number of hydrogen-bond donors (Lipinski definition) is 0. The molecule has 0 amide bonds. The average Bonchev–Trinajstić information content (AvgIpc) is 2.05. The summed E-state index contributed by atoms with van der Waals surface area (Å²) < 4.78 is 0. The predicted octanol–water partition coefficient (Wildman–Crippen LogP) is 1.75. The van der Waals surface area contributed by atoms with Gasteiger partial charge in [0.15, 0.2) is 0 Å². The lowest BCUT2D eigenvalue weighted by Crippen LogP contribution is -1.81. The molecule has 0 aromatic carbocycles. The van der Waals surface area contributed by atoms with Crippen LogP contribution in [-0.4, -0.2) is 16.2 Å². The van der Waals surface area contributed by atoms with Gasteiger partial charge in [-0.05, 0) is 12.3 Å². The van der Waals surface area contributed by atoms with Gasteiger partial charge in [-0.2, -0.15) is 0 Å². The first-order valence-corrected chi connectivity index (χ1v) is 3.84. The van der Waals surface area contributed by atoms with Crippen LogP contribution in [0.25, 0.3) is 4.85 Å². The minimum Gasteiger partial charge on any atom is -0.361 e. The molecular weight excluding hydrogens is 146 g/mol. The van der Waals surface area contributed by atoms with Crippen molar-refractivity contribution >= 4 is 17.6 Å². The lowest BCUT2D eigenvalue weighted by Gasteiger charge is -1.87. The Kier molecular flexibility index (Phi) is 2.24. The monoisotopic (exact) mass is 151 g/mol.